The Hall–Kier alpha value is -2.48. The zero-order valence-electron chi connectivity index (χ0n) is 13.9. The third kappa shape index (κ3) is 3.88. The van der Waals surface area contributed by atoms with Gasteiger partial charge in [0.05, 0.1) is 12.7 Å². The van der Waals surface area contributed by atoms with Gasteiger partial charge in [0.1, 0.15) is 24.5 Å². The van der Waals surface area contributed by atoms with Gasteiger partial charge in [0.15, 0.2) is 0 Å². The molecule has 0 spiro atoms. The molecule has 0 bridgehead atoms. The Balaban J connectivity index is 1.53. The number of nitrogens with one attached hydrogen (secondary N) is 1. The van der Waals surface area contributed by atoms with E-state index in [-0.39, 0.29) is 12.0 Å². The Labute approximate surface area is 140 Å². The fourth-order valence-electron chi connectivity index (χ4n) is 2.61. The van der Waals surface area contributed by atoms with E-state index in [1.165, 1.54) is 17.3 Å². The Kier molecular flexibility index (Phi) is 5.05. The largest absolute Gasteiger partial charge is 0.375 e. The number of aromatic nitrogens is 4. The number of morpholine rings is 1. The summed E-state index contributed by atoms with van der Waals surface area (Å²) in [5, 5.41) is 6.87. The number of anilines is 1. The van der Waals surface area contributed by atoms with Crippen LogP contribution in [0.4, 0.5) is 5.82 Å². The number of pyridine rings is 1. The number of rotatable bonds is 5. The van der Waals surface area contributed by atoms with Crippen LogP contribution >= 0.6 is 0 Å². The van der Waals surface area contributed by atoms with Gasteiger partial charge < -0.3 is 15.0 Å². The Morgan fingerprint density at radius 2 is 2.38 bits per heavy atom. The van der Waals surface area contributed by atoms with Crippen LogP contribution in [0.2, 0.25) is 0 Å². The van der Waals surface area contributed by atoms with Crippen LogP contribution in [0.1, 0.15) is 25.5 Å². The van der Waals surface area contributed by atoms with Crippen LogP contribution in [-0.4, -0.2) is 51.5 Å². The average molecular weight is 330 g/mol. The van der Waals surface area contributed by atoms with Crippen molar-refractivity contribution in [3.8, 4) is 0 Å². The molecule has 1 saturated heterocycles. The summed E-state index contributed by atoms with van der Waals surface area (Å²) < 4.78 is 7.07. The molecule has 1 amide bonds. The summed E-state index contributed by atoms with van der Waals surface area (Å²) in [5.74, 6) is 0.836. The number of ether oxygens (including phenoxy) is 1. The molecule has 1 aliphatic rings. The normalized spacial score (nSPS) is 19.1. The van der Waals surface area contributed by atoms with E-state index in [0.29, 0.717) is 6.54 Å². The zero-order valence-corrected chi connectivity index (χ0v) is 13.9. The van der Waals surface area contributed by atoms with Gasteiger partial charge in [-0.3, -0.25) is 4.79 Å². The third-order valence-corrected chi connectivity index (χ3v) is 4.05. The highest BCUT2D eigenvalue weighted by Gasteiger charge is 2.18. The minimum absolute atomic E-state index is 0.105. The molecule has 2 aromatic rings. The van der Waals surface area contributed by atoms with Crippen molar-refractivity contribution in [1.29, 1.82) is 0 Å². The first-order valence-electron chi connectivity index (χ1n) is 8.07. The van der Waals surface area contributed by atoms with E-state index in [4.69, 9.17) is 4.74 Å². The number of nitrogens with zero attached hydrogens (tertiary/aromatic N) is 5. The molecule has 0 aromatic carbocycles. The van der Waals surface area contributed by atoms with Gasteiger partial charge in [-0.25, -0.2) is 14.6 Å². The van der Waals surface area contributed by atoms with Crippen molar-refractivity contribution in [2.24, 2.45) is 0 Å². The highest BCUT2D eigenvalue weighted by atomic mass is 16.5. The van der Waals surface area contributed by atoms with Crippen LogP contribution < -0.4 is 10.2 Å². The molecule has 8 heteroatoms. The molecule has 1 fully saturated rings. The summed E-state index contributed by atoms with van der Waals surface area (Å²) in [5.41, 5.74) is 0.958. The topological polar surface area (TPSA) is 85.2 Å². The van der Waals surface area contributed by atoms with Crippen LogP contribution in [0.3, 0.4) is 0 Å². The maximum Gasteiger partial charge on any atom is 0.244 e. The molecule has 8 nitrogen and oxygen atoms in total. The molecule has 2 aromatic heterocycles. The molecule has 128 valence electrons. The van der Waals surface area contributed by atoms with E-state index in [1.54, 1.807) is 13.1 Å². The average Bonchev–Trinajstić information content (AvgIpc) is 3.14. The van der Waals surface area contributed by atoms with Gasteiger partial charge in [-0.15, -0.1) is 0 Å². The SMILES string of the molecule is C[C@H]1CN(c2ccc(CNC(=O)[C@H](C)n3cncn3)cn2)CCO1. The van der Waals surface area contributed by atoms with E-state index in [2.05, 4.69) is 32.2 Å². The summed E-state index contributed by atoms with van der Waals surface area (Å²) >= 11 is 0. The first-order chi connectivity index (χ1) is 11.6. The second-order valence-electron chi connectivity index (χ2n) is 5.92. The van der Waals surface area contributed by atoms with Crippen LogP contribution in [0.5, 0.6) is 0 Å². The first-order valence-corrected chi connectivity index (χ1v) is 8.07. The second kappa shape index (κ2) is 7.39. The van der Waals surface area contributed by atoms with Crippen molar-refractivity contribution >= 4 is 11.7 Å². The van der Waals surface area contributed by atoms with Crippen molar-refractivity contribution in [2.75, 3.05) is 24.6 Å². The van der Waals surface area contributed by atoms with Gasteiger partial charge in [0, 0.05) is 25.8 Å². The predicted molar refractivity (Wildman–Crippen MR) is 88.4 cm³/mol. The van der Waals surface area contributed by atoms with Crippen LogP contribution in [-0.2, 0) is 16.1 Å². The lowest BCUT2D eigenvalue weighted by molar-refractivity contribution is -0.124. The van der Waals surface area contributed by atoms with Crippen LogP contribution in [0.25, 0.3) is 0 Å². The number of carbonyl (C=O) groups is 1. The van der Waals surface area contributed by atoms with E-state index in [9.17, 15) is 4.79 Å². The highest BCUT2D eigenvalue weighted by molar-refractivity contribution is 5.79. The van der Waals surface area contributed by atoms with Gasteiger partial charge in [0.2, 0.25) is 5.91 Å². The van der Waals surface area contributed by atoms with Crippen LogP contribution in [0, 0.1) is 0 Å². The number of hydrogen-bond donors (Lipinski definition) is 1. The molecular weight excluding hydrogens is 308 g/mol. The summed E-state index contributed by atoms with van der Waals surface area (Å²) in [4.78, 5) is 22.7. The quantitative estimate of drug-likeness (QED) is 0.872. The minimum Gasteiger partial charge on any atom is -0.375 e. The molecular formula is C16H22N6O2. The van der Waals surface area contributed by atoms with E-state index in [0.717, 1.165) is 31.1 Å². The lowest BCUT2D eigenvalue weighted by Crippen LogP contribution is -2.41. The second-order valence-corrected chi connectivity index (χ2v) is 5.92. The lowest BCUT2D eigenvalue weighted by atomic mass is 10.2. The molecule has 0 aliphatic carbocycles. The summed E-state index contributed by atoms with van der Waals surface area (Å²) in [7, 11) is 0. The van der Waals surface area contributed by atoms with Gasteiger partial charge >= 0.3 is 0 Å². The Bertz CT molecular complexity index is 658. The molecule has 2 atom stereocenters. The van der Waals surface area contributed by atoms with Gasteiger partial charge in [0.25, 0.3) is 0 Å². The molecule has 1 aliphatic heterocycles. The molecule has 0 radical (unpaired) electrons. The van der Waals surface area contributed by atoms with Crippen molar-refractivity contribution in [3.63, 3.8) is 0 Å². The fourth-order valence-corrected chi connectivity index (χ4v) is 2.61. The fraction of sp³-hybridized carbons (Fsp3) is 0.500. The van der Waals surface area contributed by atoms with Gasteiger partial charge in [-0.1, -0.05) is 6.07 Å². The Morgan fingerprint density at radius 3 is 3.04 bits per heavy atom. The smallest absolute Gasteiger partial charge is 0.244 e. The summed E-state index contributed by atoms with van der Waals surface area (Å²) in [6.45, 7) is 6.70. The first kappa shape index (κ1) is 16.4. The van der Waals surface area contributed by atoms with E-state index < -0.39 is 6.04 Å². The molecule has 1 N–H and O–H groups in total. The number of carbonyl (C=O) groups excluding carboxylic acids is 1. The molecule has 0 unspecified atom stereocenters. The standard InChI is InChI=1S/C16H22N6O2/c1-12-9-21(5-6-24-12)15-4-3-14(7-18-15)8-19-16(23)13(2)22-11-17-10-20-22/h3-4,7,10-13H,5-6,8-9H2,1-2H3,(H,19,23)/t12-,13-/m0/s1. The Morgan fingerprint density at radius 1 is 1.50 bits per heavy atom. The van der Waals surface area contributed by atoms with Crippen molar-refractivity contribution < 1.29 is 9.53 Å². The number of amides is 1. The molecule has 3 heterocycles. The van der Waals surface area contributed by atoms with Crippen molar-refractivity contribution in [1.82, 2.24) is 25.1 Å². The number of hydrogen-bond acceptors (Lipinski definition) is 6. The monoisotopic (exact) mass is 330 g/mol. The molecule has 24 heavy (non-hydrogen) atoms. The lowest BCUT2D eigenvalue weighted by Gasteiger charge is -2.32. The molecule has 0 saturated carbocycles. The summed E-state index contributed by atoms with van der Waals surface area (Å²) in [6, 6.07) is 3.58. The van der Waals surface area contributed by atoms with E-state index in [1.807, 2.05) is 12.1 Å². The maximum absolute atomic E-state index is 12.1. The third-order valence-electron chi connectivity index (χ3n) is 4.05. The molecule has 3 rings (SSSR count). The summed E-state index contributed by atoms with van der Waals surface area (Å²) in [6.07, 6.45) is 4.97. The van der Waals surface area contributed by atoms with Crippen molar-refractivity contribution in [2.45, 2.75) is 32.5 Å². The van der Waals surface area contributed by atoms with Crippen LogP contribution in [0.15, 0.2) is 31.0 Å². The van der Waals surface area contributed by atoms with E-state index >= 15 is 0 Å². The minimum atomic E-state index is -0.394. The van der Waals surface area contributed by atoms with Crippen molar-refractivity contribution in [3.05, 3.63) is 36.5 Å². The zero-order chi connectivity index (χ0) is 16.9. The van der Waals surface area contributed by atoms with Gasteiger partial charge in [-0.05, 0) is 25.5 Å². The highest BCUT2D eigenvalue weighted by Crippen LogP contribution is 2.15. The maximum atomic E-state index is 12.1. The predicted octanol–water partition coefficient (Wildman–Crippen LogP) is 0.776. The van der Waals surface area contributed by atoms with Gasteiger partial charge in [-0.2, -0.15) is 5.10 Å².